The molecule has 0 atom stereocenters. The van der Waals surface area contributed by atoms with Crippen molar-refractivity contribution >= 4 is 22.6 Å². The molecule has 0 aromatic heterocycles. The summed E-state index contributed by atoms with van der Waals surface area (Å²) in [5.74, 6) is 1.85. The van der Waals surface area contributed by atoms with Crippen molar-refractivity contribution in [3.05, 3.63) is 32.4 Å². The Hall–Kier alpha value is -0.0500. The van der Waals surface area contributed by atoms with E-state index in [1.807, 2.05) is 0 Å². The maximum atomic E-state index is 2.47. The first kappa shape index (κ1) is 14.0. The highest BCUT2D eigenvalue weighted by Crippen LogP contribution is 2.35. The summed E-state index contributed by atoms with van der Waals surface area (Å²) < 4.78 is 1.42. The molecule has 0 aliphatic carbocycles. The molecule has 1 rings (SSSR count). The van der Waals surface area contributed by atoms with Gasteiger partial charge in [0.2, 0.25) is 0 Å². The first-order valence-electron chi connectivity index (χ1n) is 6.18. The topological polar surface area (TPSA) is 0 Å². The van der Waals surface area contributed by atoms with Gasteiger partial charge < -0.3 is 0 Å². The van der Waals surface area contributed by atoms with Crippen LogP contribution in [-0.2, 0) is 0 Å². The molecule has 1 aromatic carbocycles. The molecule has 1 aromatic rings. The molecule has 0 bridgehead atoms. The Kier molecular flexibility index (Phi) is 4.84. The van der Waals surface area contributed by atoms with Crippen molar-refractivity contribution in [1.29, 1.82) is 0 Å². The van der Waals surface area contributed by atoms with E-state index in [2.05, 4.69) is 76.3 Å². The van der Waals surface area contributed by atoms with Crippen LogP contribution in [0.25, 0.3) is 0 Å². The quantitative estimate of drug-likeness (QED) is 0.627. The average molecular weight is 330 g/mol. The van der Waals surface area contributed by atoms with Crippen molar-refractivity contribution in [3.63, 3.8) is 0 Å². The third-order valence-corrected chi connectivity index (χ3v) is 3.99. The van der Waals surface area contributed by atoms with Gasteiger partial charge in [0.1, 0.15) is 0 Å². The third kappa shape index (κ3) is 2.79. The lowest BCUT2D eigenvalue weighted by Crippen LogP contribution is -2.07. The molecular formula is C15H23I. The summed E-state index contributed by atoms with van der Waals surface area (Å²) in [6.45, 7) is 13.8. The van der Waals surface area contributed by atoms with E-state index < -0.39 is 0 Å². The van der Waals surface area contributed by atoms with E-state index in [4.69, 9.17) is 0 Å². The first-order chi connectivity index (χ1) is 7.36. The molecule has 0 nitrogen and oxygen atoms in total. The van der Waals surface area contributed by atoms with Crippen LogP contribution in [0, 0.1) is 3.57 Å². The van der Waals surface area contributed by atoms with E-state index >= 15 is 0 Å². The summed E-state index contributed by atoms with van der Waals surface area (Å²) in [6.07, 6.45) is 0. The van der Waals surface area contributed by atoms with Gasteiger partial charge in [-0.25, -0.2) is 0 Å². The molecule has 0 spiro atoms. The number of halogens is 1. The molecule has 0 saturated heterocycles. The fourth-order valence-corrected chi connectivity index (χ4v) is 3.45. The minimum Gasteiger partial charge on any atom is -0.0587 e. The van der Waals surface area contributed by atoms with Crippen LogP contribution in [0.5, 0.6) is 0 Å². The number of hydrogen-bond acceptors (Lipinski definition) is 0. The second kappa shape index (κ2) is 5.52. The molecule has 0 heterocycles. The van der Waals surface area contributed by atoms with Crippen LogP contribution in [0.4, 0.5) is 0 Å². The zero-order valence-electron chi connectivity index (χ0n) is 11.3. The first-order valence-corrected chi connectivity index (χ1v) is 7.26. The van der Waals surface area contributed by atoms with Crippen molar-refractivity contribution in [2.75, 3.05) is 0 Å². The van der Waals surface area contributed by atoms with Crippen molar-refractivity contribution in [2.45, 2.75) is 59.3 Å². The molecule has 0 aliphatic rings. The second-order valence-electron chi connectivity index (χ2n) is 5.43. The van der Waals surface area contributed by atoms with E-state index in [-0.39, 0.29) is 0 Å². The summed E-state index contributed by atoms with van der Waals surface area (Å²) in [5, 5.41) is 0. The smallest absolute Gasteiger partial charge is 0.0168 e. The molecular weight excluding hydrogens is 307 g/mol. The zero-order chi connectivity index (χ0) is 12.5. The number of hydrogen-bond donors (Lipinski definition) is 0. The maximum Gasteiger partial charge on any atom is 0.0168 e. The summed E-state index contributed by atoms with van der Waals surface area (Å²) in [7, 11) is 0. The van der Waals surface area contributed by atoms with Crippen LogP contribution >= 0.6 is 22.6 Å². The molecule has 0 fully saturated rings. The van der Waals surface area contributed by atoms with Crippen LogP contribution in [0.3, 0.4) is 0 Å². The predicted molar refractivity (Wildman–Crippen MR) is 81.4 cm³/mol. The largest absolute Gasteiger partial charge is 0.0587 e. The lowest BCUT2D eigenvalue weighted by molar-refractivity contribution is 0.745. The van der Waals surface area contributed by atoms with Gasteiger partial charge in [0.25, 0.3) is 0 Å². The van der Waals surface area contributed by atoms with E-state index in [9.17, 15) is 0 Å². The normalized spacial score (nSPS) is 11.9. The van der Waals surface area contributed by atoms with Gasteiger partial charge in [0, 0.05) is 3.57 Å². The van der Waals surface area contributed by atoms with Gasteiger partial charge in [-0.3, -0.25) is 0 Å². The summed E-state index contributed by atoms with van der Waals surface area (Å²) >= 11 is 2.47. The average Bonchev–Trinajstić information content (AvgIpc) is 2.15. The van der Waals surface area contributed by atoms with Gasteiger partial charge in [0.15, 0.2) is 0 Å². The van der Waals surface area contributed by atoms with Gasteiger partial charge in [-0.05, 0) is 63.1 Å². The van der Waals surface area contributed by atoms with Gasteiger partial charge in [-0.15, -0.1) is 0 Å². The van der Waals surface area contributed by atoms with Gasteiger partial charge in [0.05, 0.1) is 0 Å². The van der Waals surface area contributed by atoms with Crippen LogP contribution in [0.15, 0.2) is 12.1 Å². The Bertz CT molecular complexity index is 362. The van der Waals surface area contributed by atoms with Crippen LogP contribution < -0.4 is 0 Å². The van der Waals surface area contributed by atoms with E-state index in [1.165, 1.54) is 9.13 Å². The van der Waals surface area contributed by atoms with Crippen molar-refractivity contribution in [3.8, 4) is 0 Å². The highest BCUT2D eigenvalue weighted by Gasteiger charge is 2.18. The van der Waals surface area contributed by atoms with Crippen LogP contribution in [0.1, 0.15) is 76.0 Å². The van der Waals surface area contributed by atoms with Crippen LogP contribution in [0.2, 0.25) is 0 Å². The molecule has 0 radical (unpaired) electrons. The summed E-state index contributed by atoms with van der Waals surface area (Å²) in [6, 6.07) is 4.59. The Balaban J connectivity index is 3.50. The molecule has 0 unspecified atom stereocenters. The Labute approximate surface area is 114 Å². The lowest BCUT2D eigenvalue weighted by Gasteiger charge is -2.23. The Morgan fingerprint density at radius 1 is 0.750 bits per heavy atom. The maximum absolute atomic E-state index is 2.47. The molecule has 0 aliphatic heterocycles. The molecule has 0 amide bonds. The highest BCUT2D eigenvalue weighted by molar-refractivity contribution is 14.1. The van der Waals surface area contributed by atoms with Crippen LogP contribution in [-0.4, -0.2) is 0 Å². The molecule has 1 heteroatoms. The fraction of sp³-hybridized carbons (Fsp3) is 0.600. The van der Waals surface area contributed by atoms with Gasteiger partial charge in [-0.1, -0.05) is 47.6 Å². The van der Waals surface area contributed by atoms with Crippen molar-refractivity contribution in [1.82, 2.24) is 0 Å². The minimum absolute atomic E-state index is 0.614. The van der Waals surface area contributed by atoms with E-state index in [0.29, 0.717) is 17.8 Å². The zero-order valence-corrected chi connectivity index (χ0v) is 13.4. The monoisotopic (exact) mass is 330 g/mol. The third-order valence-electron chi connectivity index (χ3n) is 3.04. The molecule has 0 N–H and O–H groups in total. The fourth-order valence-electron chi connectivity index (χ4n) is 2.36. The van der Waals surface area contributed by atoms with Crippen molar-refractivity contribution < 1.29 is 0 Å². The number of rotatable bonds is 3. The predicted octanol–water partition coefficient (Wildman–Crippen LogP) is 5.66. The summed E-state index contributed by atoms with van der Waals surface area (Å²) in [4.78, 5) is 0. The summed E-state index contributed by atoms with van der Waals surface area (Å²) in [5.41, 5.74) is 4.66. The second-order valence-corrected chi connectivity index (χ2v) is 6.59. The SMILES string of the molecule is CC(C)c1ccc(I)c(C(C)C)c1C(C)C. The Morgan fingerprint density at radius 2 is 1.25 bits per heavy atom. The lowest BCUT2D eigenvalue weighted by atomic mass is 9.83. The molecule has 16 heavy (non-hydrogen) atoms. The minimum atomic E-state index is 0.614. The van der Waals surface area contributed by atoms with Gasteiger partial charge in [-0.2, -0.15) is 0 Å². The van der Waals surface area contributed by atoms with Gasteiger partial charge >= 0.3 is 0 Å². The number of benzene rings is 1. The molecule has 90 valence electrons. The molecule has 0 saturated carbocycles. The van der Waals surface area contributed by atoms with E-state index in [0.717, 1.165) is 0 Å². The Morgan fingerprint density at radius 3 is 1.62 bits per heavy atom. The van der Waals surface area contributed by atoms with Crippen molar-refractivity contribution in [2.24, 2.45) is 0 Å². The standard InChI is InChI=1S/C15H23I/c1-9(2)12-7-8-13(16)15(11(5)6)14(12)10(3)4/h7-11H,1-6H3. The highest BCUT2D eigenvalue weighted by atomic mass is 127. The van der Waals surface area contributed by atoms with E-state index in [1.54, 1.807) is 11.1 Å².